The number of carbonyl (C=O) groups excluding carboxylic acids is 2. The first kappa shape index (κ1) is 18.0. The van der Waals surface area contributed by atoms with E-state index in [0.29, 0.717) is 39.6 Å². The Morgan fingerprint density at radius 3 is 2.69 bits per heavy atom. The summed E-state index contributed by atoms with van der Waals surface area (Å²) in [5, 5.41) is 10.5. The Morgan fingerprint density at radius 1 is 1.07 bits per heavy atom. The molecule has 0 saturated heterocycles. The molecule has 1 aromatic carbocycles. The van der Waals surface area contributed by atoms with Crippen LogP contribution in [-0.4, -0.2) is 36.8 Å². The average molecular weight is 389 g/mol. The van der Waals surface area contributed by atoms with Crippen LogP contribution in [0.15, 0.2) is 54.9 Å². The molecule has 0 radical (unpaired) electrons. The number of nitrogens with zero attached hydrogens (tertiary/aromatic N) is 5. The zero-order valence-corrected chi connectivity index (χ0v) is 15.2. The maximum atomic E-state index is 12.4. The van der Waals surface area contributed by atoms with Crippen LogP contribution in [-0.2, 0) is 7.05 Å². The van der Waals surface area contributed by atoms with Crippen LogP contribution in [0.5, 0.6) is 11.6 Å². The summed E-state index contributed by atoms with van der Waals surface area (Å²) in [4.78, 5) is 32.0. The van der Waals surface area contributed by atoms with Crippen molar-refractivity contribution in [1.29, 1.82) is 0 Å². The van der Waals surface area contributed by atoms with E-state index in [4.69, 9.17) is 10.5 Å². The standard InChI is InChI=1S/C19H15N7O3/c1-26-18-15(24-25-26)8-12(9-22-18)19(28)23-13-5-6-16(21-10-13)29-14-4-2-3-11(7-14)17(20)27/h2-10H,1H3,(H2,20,27)(H,23,28). The zero-order valence-electron chi connectivity index (χ0n) is 15.2. The Labute approximate surface area is 164 Å². The molecule has 3 N–H and O–H groups in total. The lowest BCUT2D eigenvalue weighted by Crippen LogP contribution is -2.12. The van der Waals surface area contributed by atoms with Gasteiger partial charge in [0.1, 0.15) is 11.3 Å². The van der Waals surface area contributed by atoms with Gasteiger partial charge < -0.3 is 15.8 Å². The van der Waals surface area contributed by atoms with E-state index in [0.717, 1.165) is 0 Å². The summed E-state index contributed by atoms with van der Waals surface area (Å²) in [5.74, 6) is -0.175. The van der Waals surface area contributed by atoms with Crippen LogP contribution in [0.25, 0.3) is 11.2 Å². The molecular weight excluding hydrogens is 374 g/mol. The van der Waals surface area contributed by atoms with E-state index in [9.17, 15) is 9.59 Å². The number of hydrogen-bond donors (Lipinski definition) is 2. The number of pyridine rings is 2. The molecule has 0 fully saturated rings. The molecule has 4 rings (SSSR count). The molecule has 0 bridgehead atoms. The Hall–Kier alpha value is -4.34. The fourth-order valence-electron chi connectivity index (χ4n) is 2.60. The largest absolute Gasteiger partial charge is 0.439 e. The number of ether oxygens (including phenoxy) is 1. The summed E-state index contributed by atoms with van der Waals surface area (Å²) in [5.41, 5.74) is 7.54. The molecule has 2 amide bonds. The molecule has 10 nitrogen and oxygen atoms in total. The molecule has 0 saturated carbocycles. The van der Waals surface area contributed by atoms with Gasteiger partial charge in [-0.1, -0.05) is 11.3 Å². The van der Waals surface area contributed by atoms with E-state index in [1.54, 1.807) is 43.4 Å². The minimum Gasteiger partial charge on any atom is -0.439 e. The highest BCUT2D eigenvalue weighted by Gasteiger charge is 2.11. The van der Waals surface area contributed by atoms with Gasteiger partial charge in [0, 0.05) is 24.9 Å². The molecule has 4 aromatic rings. The maximum Gasteiger partial charge on any atom is 0.257 e. The summed E-state index contributed by atoms with van der Waals surface area (Å²) in [7, 11) is 1.72. The number of benzene rings is 1. The number of nitrogens with one attached hydrogen (secondary N) is 1. The second-order valence-corrected chi connectivity index (χ2v) is 6.11. The molecule has 0 unspecified atom stereocenters. The van der Waals surface area contributed by atoms with Gasteiger partial charge in [-0.05, 0) is 30.3 Å². The molecule has 0 spiro atoms. The molecule has 10 heteroatoms. The highest BCUT2D eigenvalue weighted by atomic mass is 16.5. The number of amides is 2. The molecule has 0 aliphatic rings. The fourth-order valence-corrected chi connectivity index (χ4v) is 2.60. The summed E-state index contributed by atoms with van der Waals surface area (Å²) in [6.45, 7) is 0. The third-order valence-electron chi connectivity index (χ3n) is 4.04. The SMILES string of the molecule is Cn1nnc2cc(C(=O)Nc3ccc(Oc4cccc(C(N)=O)c4)nc3)cnc21. The van der Waals surface area contributed by atoms with Crippen molar-refractivity contribution in [3.05, 3.63) is 66.0 Å². The number of nitrogens with two attached hydrogens (primary N) is 1. The van der Waals surface area contributed by atoms with Crippen LogP contribution in [0.1, 0.15) is 20.7 Å². The summed E-state index contributed by atoms with van der Waals surface area (Å²) in [6.07, 6.45) is 2.91. The van der Waals surface area contributed by atoms with Crippen molar-refractivity contribution in [3.8, 4) is 11.6 Å². The molecular formula is C19H15N7O3. The first-order valence-corrected chi connectivity index (χ1v) is 8.50. The predicted molar refractivity (Wildman–Crippen MR) is 104 cm³/mol. The normalized spacial score (nSPS) is 10.7. The van der Waals surface area contributed by atoms with Crippen LogP contribution >= 0.6 is 0 Å². The van der Waals surface area contributed by atoms with Gasteiger partial charge in [0.15, 0.2) is 5.65 Å². The van der Waals surface area contributed by atoms with Gasteiger partial charge in [0.05, 0.1) is 17.4 Å². The minimum absolute atomic E-state index is 0.298. The van der Waals surface area contributed by atoms with E-state index >= 15 is 0 Å². The highest BCUT2D eigenvalue weighted by molar-refractivity contribution is 6.05. The second-order valence-electron chi connectivity index (χ2n) is 6.11. The van der Waals surface area contributed by atoms with Crippen molar-refractivity contribution >= 4 is 28.7 Å². The average Bonchev–Trinajstić information content (AvgIpc) is 3.10. The molecule has 0 aliphatic carbocycles. The number of carbonyl (C=O) groups is 2. The molecule has 0 aliphatic heterocycles. The zero-order chi connectivity index (χ0) is 20.4. The Kier molecular flexibility index (Phi) is 4.57. The summed E-state index contributed by atoms with van der Waals surface area (Å²) < 4.78 is 7.13. The summed E-state index contributed by atoms with van der Waals surface area (Å²) >= 11 is 0. The molecule has 144 valence electrons. The number of fused-ring (bicyclic) bond motifs is 1. The van der Waals surface area contributed by atoms with Gasteiger partial charge in [0.25, 0.3) is 5.91 Å². The van der Waals surface area contributed by atoms with E-state index in [-0.39, 0.29) is 5.91 Å². The van der Waals surface area contributed by atoms with E-state index in [1.807, 2.05) is 0 Å². The minimum atomic E-state index is -0.546. The van der Waals surface area contributed by atoms with Gasteiger partial charge in [-0.25, -0.2) is 14.6 Å². The van der Waals surface area contributed by atoms with Gasteiger partial charge in [0.2, 0.25) is 11.8 Å². The topological polar surface area (TPSA) is 138 Å². The van der Waals surface area contributed by atoms with Crippen molar-refractivity contribution in [2.24, 2.45) is 12.8 Å². The van der Waals surface area contributed by atoms with Crippen LogP contribution < -0.4 is 15.8 Å². The Balaban J connectivity index is 1.45. The van der Waals surface area contributed by atoms with Gasteiger partial charge in [-0.3, -0.25) is 9.59 Å². The summed E-state index contributed by atoms with van der Waals surface area (Å²) in [6, 6.07) is 11.3. The fraction of sp³-hybridized carbons (Fsp3) is 0.0526. The van der Waals surface area contributed by atoms with Crippen molar-refractivity contribution in [1.82, 2.24) is 25.0 Å². The van der Waals surface area contributed by atoms with Crippen LogP contribution in [0.4, 0.5) is 5.69 Å². The lowest BCUT2D eigenvalue weighted by molar-refractivity contribution is 0.0997. The van der Waals surface area contributed by atoms with Crippen molar-refractivity contribution in [2.45, 2.75) is 0 Å². The molecule has 3 heterocycles. The molecule has 0 atom stereocenters. The lowest BCUT2D eigenvalue weighted by Gasteiger charge is -2.08. The first-order valence-electron chi connectivity index (χ1n) is 8.50. The first-order chi connectivity index (χ1) is 14.0. The lowest BCUT2D eigenvalue weighted by atomic mass is 10.2. The predicted octanol–water partition coefficient (Wildman–Crippen LogP) is 1.90. The maximum absolute atomic E-state index is 12.4. The Bertz CT molecular complexity index is 1220. The number of rotatable bonds is 5. The van der Waals surface area contributed by atoms with Crippen LogP contribution in [0, 0.1) is 0 Å². The van der Waals surface area contributed by atoms with Crippen molar-refractivity contribution in [3.63, 3.8) is 0 Å². The number of primary amides is 1. The number of hydrogen-bond acceptors (Lipinski definition) is 7. The number of anilines is 1. The molecule has 29 heavy (non-hydrogen) atoms. The quantitative estimate of drug-likeness (QED) is 0.531. The van der Waals surface area contributed by atoms with Gasteiger partial charge in [-0.15, -0.1) is 5.10 Å². The number of aromatic nitrogens is 5. The Morgan fingerprint density at radius 2 is 1.93 bits per heavy atom. The smallest absolute Gasteiger partial charge is 0.257 e. The monoisotopic (exact) mass is 389 g/mol. The van der Waals surface area contributed by atoms with E-state index in [1.165, 1.54) is 23.1 Å². The van der Waals surface area contributed by atoms with E-state index in [2.05, 4.69) is 25.6 Å². The van der Waals surface area contributed by atoms with Crippen LogP contribution in [0.3, 0.4) is 0 Å². The van der Waals surface area contributed by atoms with Gasteiger partial charge >= 0.3 is 0 Å². The number of aryl methyl sites for hydroxylation is 1. The van der Waals surface area contributed by atoms with Crippen molar-refractivity contribution < 1.29 is 14.3 Å². The van der Waals surface area contributed by atoms with Crippen LogP contribution in [0.2, 0.25) is 0 Å². The highest BCUT2D eigenvalue weighted by Crippen LogP contribution is 2.22. The van der Waals surface area contributed by atoms with E-state index < -0.39 is 5.91 Å². The third-order valence-corrected chi connectivity index (χ3v) is 4.04. The molecule has 3 aromatic heterocycles. The van der Waals surface area contributed by atoms with Crippen molar-refractivity contribution in [2.75, 3.05) is 5.32 Å². The third kappa shape index (κ3) is 3.86. The van der Waals surface area contributed by atoms with Gasteiger partial charge in [-0.2, -0.15) is 0 Å². The second kappa shape index (κ2) is 7.35.